The van der Waals surface area contributed by atoms with E-state index in [1.165, 1.54) is 0 Å². The summed E-state index contributed by atoms with van der Waals surface area (Å²) in [4.78, 5) is 0.189. The van der Waals surface area contributed by atoms with E-state index in [1.807, 2.05) is 81.4 Å². The second-order valence-electron chi connectivity index (χ2n) is 7.25. The lowest BCUT2D eigenvalue weighted by Crippen LogP contribution is -2.40. The number of nitrogens with one attached hydrogen (secondary N) is 1. The molecule has 0 unspecified atom stereocenters. The molecule has 1 aromatic heterocycles. The number of sulfonamides is 1. The topological polar surface area (TPSA) is 64.0 Å². The third kappa shape index (κ3) is 4.39. The zero-order valence-corrected chi connectivity index (χ0v) is 16.0. The third-order valence-electron chi connectivity index (χ3n) is 3.69. The largest absolute Gasteiger partial charge is 0.266 e. The summed E-state index contributed by atoms with van der Waals surface area (Å²) in [5.74, 6) is 0. The van der Waals surface area contributed by atoms with Gasteiger partial charge in [-0.1, -0.05) is 60.7 Å². The maximum Gasteiger partial charge on any atom is 0.244 e. The van der Waals surface area contributed by atoms with Gasteiger partial charge in [0.25, 0.3) is 0 Å². The highest BCUT2D eigenvalue weighted by Gasteiger charge is 2.27. The van der Waals surface area contributed by atoms with Crippen molar-refractivity contribution in [3.8, 4) is 11.3 Å². The summed E-state index contributed by atoms with van der Waals surface area (Å²) in [5.41, 5.74) is 1.71. The van der Waals surface area contributed by atoms with Crippen LogP contribution in [0.15, 0.2) is 71.8 Å². The molecule has 0 saturated carbocycles. The van der Waals surface area contributed by atoms with E-state index in [9.17, 15) is 8.42 Å². The lowest BCUT2D eigenvalue weighted by molar-refractivity contribution is 0.491. The molecule has 3 rings (SSSR count). The molecule has 0 saturated heterocycles. The van der Waals surface area contributed by atoms with Gasteiger partial charge in [-0.05, 0) is 26.3 Å². The van der Waals surface area contributed by atoms with Crippen LogP contribution in [0.3, 0.4) is 0 Å². The van der Waals surface area contributed by atoms with E-state index in [2.05, 4.69) is 9.82 Å². The van der Waals surface area contributed by atoms with Crippen molar-refractivity contribution in [1.29, 1.82) is 0 Å². The Balaban J connectivity index is 2.07. The van der Waals surface area contributed by atoms with Crippen LogP contribution in [-0.2, 0) is 16.6 Å². The minimum atomic E-state index is -3.70. The Morgan fingerprint density at radius 3 is 2.12 bits per heavy atom. The first-order valence-electron chi connectivity index (χ1n) is 8.45. The molecule has 0 aliphatic heterocycles. The van der Waals surface area contributed by atoms with Crippen LogP contribution in [0.4, 0.5) is 0 Å². The first-order chi connectivity index (χ1) is 12.2. The molecule has 1 heterocycles. The van der Waals surface area contributed by atoms with E-state index >= 15 is 0 Å². The van der Waals surface area contributed by atoms with Crippen LogP contribution in [0.1, 0.15) is 26.3 Å². The van der Waals surface area contributed by atoms with E-state index in [0.29, 0.717) is 12.2 Å². The quantitative estimate of drug-likeness (QED) is 0.746. The number of nitrogens with zero attached hydrogens (tertiary/aromatic N) is 2. The van der Waals surface area contributed by atoms with Gasteiger partial charge in [0.05, 0.1) is 6.54 Å². The smallest absolute Gasteiger partial charge is 0.244 e. The van der Waals surface area contributed by atoms with Gasteiger partial charge in [0, 0.05) is 17.3 Å². The first-order valence-corrected chi connectivity index (χ1v) is 9.94. The Kier molecular flexibility index (Phi) is 4.98. The summed E-state index contributed by atoms with van der Waals surface area (Å²) in [6, 6.07) is 19.2. The van der Waals surface area contributed by atoms with E-state index < -0.39 is 15.6 Å². The lowest BCUT2D eigenvalue weighted by atomic mass is 10.1. The summed E-state index contributed by atoms with van der Waals surface area (Å²) in [7, 11) is -3.70. The molecule has 0 radical (unpaired) electrons. The molecule has 1 N–H and O–H groups in total. The number of hydrogen-bond acceptors (Lipinski definition) is 3. The van der Waals surface area contributed by atoms with Crippen molar-refractivity contribution in [3.63, 3.8) is 0 Å². The first kappa shape index (κ1) is 18.4. The van der Waals surface area contributed by atoms with Gasteiger partial charge in [-0.2, -0.15) is 5.10 Å². The molecular weight excluding hydrogens is 346 g/mol. The van der Waals surface area contributed by atoms with Gasteiger partial charge < -0.3 is 0 Å². The SMILES string of the molecule is CC(C)(C)NS(=O)(=O)c1cn(Cc2ccccc2)nc1-c1ccccc1. The third-order valence-corrected chi connectivity index (χ3v) is 5.45. The predicted octanol–water partition coefficient (Wildman–Crippen LogP) is 3.68. The molecule has 0 aliphatic rings. The van der Waals surface area contributed by atoms with Crippen molar-refractivity contribution >= 4 is 10.0 Å². The molecule has 3 aromatic rings. The lowest BCUT2D eigenvalue weighted by Gasteiger charge is -2.20. The Bertz CT molecular complexity index is 973. The van der Waals surface area contributed by atoms with Crippen molar-refractivity contribution in [3.05, 3.63) is 72.4 Å². The molecule has 26 heavy (non-hydrogen) atoms. The Labute approximate surface area is 154 Å². The fourth-order valence-electron chi connectivity index (χ4n) is 2.71. The fourth-order valence-corrected chi connectivity index (χ4v) is 4.30. The highest BCUT2D eigenvalue weighted by molar-refractivity contribution is 7.89. The summed E-state index contributed by atoms with van der Waals surface area (Å²) in [6.45, 7) is 5.97. The average molecular weight is 369 g/mol. The fraction of sp³-hybridized carbons (Fsp3) is 0.250. The summed E-state index contributed by atoms with van der Waals surface area (Å²) in [5, 5.41) is 4.57. The van der Waals surface area contributed by atoms with E-state index in [1.54, 1.807) is 10.9 Å². The van der Waals surface area contributed by atoms with E-state index in [4.69, 9.17) is 0 Å². The van der Waals surface area contributed by atoms with Crippen LogP contribution in [0.5, 0.6) is 0 Å². The minimum Gasteiger partial charge on any atom is -0.266 e. The van der Waals surface area contributed by atoms with Crippen LogP contribution in [0.2, 0.25) is 0 Å². The molecule has 0 aliphatic carbocycles. The van der Waals surface area contributed by atoms with Gasteiger partial charge in [-0.25, -0.2) is 13.1 Å². The molecule has 5 nitrogen and oxygen atoms in total. The molecule has 2 aromatic carbocycles. The summed E-state index contributed by atoms with van der Waals surface area (Å²) in [6.07, 6.45) is 1.60. The number of rotatable bonds is 5. The monoisotopic (exact) mass is 369 g/mol. The van der Waals surface area contributed by atoms with Gasteiger partial charge in [0.15, 0.2) is 0 Å². The van der Waals surface area contributed by atoms with E-state index in [0.717, 1.165) is 11.1 Å². The summed E-state index contributed by atoms with van der Waals surface area (Å²) >= 11 is 0. The Morgan fingerprint density at radius 1 is 0.962 bits per heavy atom. The van der Waals surface area contributed by atoms with Crippen molar-refractivity contribution < 1.29 is 8.42 Å². The Morgan fingerprint density at radius 2 is 1.54 bits per heavy atom. The molecule has 0 fully saturated rings. The van der Waals surface area contributed by atoms with Crippen LogP contribution in [0.25, 0.3) is 11.3 Å². The predicted molar refractivity (Wildman–Crippen MR) is 103 cm³/mol. The molecular formula is C20H23N3O2S. The van der Waals surface area contributed by atoms with Crippen LogP contribution in [0, 0.1) is 0 Å². The van der Waals surface area contributed by atoms with Crippen molar-refractivity contribution in [2.75, 3.05) is 0 Å². The average Bonchev–Trinajstić information content (AvgIpc) is 2.99. The maximum absolute atomic E-state index is 12.9. The number of aromatic nitrogens is 2. The van der Waals surface area contributed by atoms with Crippen LogP contribution in [-0.4, -0.2) is 23.7 Å². The van der Waals surface area contributed by atoms with Gasteiger partial charge in [-0.3, -0.25) is 4.68 Å². The minimum absolute atomic E-state index is 0.189. The zero-order valence-electron chi connectivity index (χ0n) is 15.2. The van der Waals surface area contributed by atoms with Crippen LogP contribution < -0.4 is 4.72 Å². The van der Waals surface area contributed by atoms with Gasteiger partial charge in [-0.15, -0.1) is 0 Å². The van der Waals surface area contributed by atoms with E-state index in [-0.39, 0.29) is 4.90 Å². The highest BCUT2D eigenvalue weighted by atomic mass is 32.2. The van der Waals surface area contributed by atoms with Crippen molar-refractivity contribution in [1.82, 2.24) is 14.5 Å². The van der Waals surface area contributed by atoms with Gasteiger partial charge >= 0.3 is 0 Å². The molecule has 0 bridgehead atoms. The summed E-state index contributed by atoms with van der Waals surface area (Å²) < 4.78 is 30.3. The van der Waals surface area contributed by atoms with Crippen molar-refractivity contribution in [2.24, 2.45) is 0 Å². The normalized spacial score (nSPS) is 12.3. The standard InChI is InChI=1S/C20H23N3O2S/c1-20(2,3)22-26(24,25)18-15-23(14-16-10-6-4-7-11-16)21-19(18)17-12-8-5-9-13-17/h4-13,15,22H,14H2,1-3H3. The van der Waals surface area contributed by atoms with Crippen molar-refractivity contribution in [2.45, 2.75) is 37.8 Å². The molecule has 136 valence electrons. The highest BCUT2D eigenvalue weighted by Crippen LogP contribution is 2.27. The second-order valence-corrected chi connectivity index (χ2v) is 8.90. The Hall–Kier alpha value is -2.44. The molecule has 6 heteroatoms. The molecule has 0 amide bonds. The number of benzene rings is 2. The van der Waals surface area contributed by atoms with Crippen LogP contribution >= 0.6 is 0 Å². The number of hydrogen-bond donors (Lipinski definition) is 1. The molecule has 0 atom stereocenters. The van der Waals surface area contributed by atoms with Gasteiger partial charge in [0.1, 0.15) is 10.6 Å². The zero-order chi connectivity index (χ0) is 18.8. The van der Waals surface area contributed by atoms with Gasteiger partial charge in [0.2, 0.25) is 10.0 Å². The molecule has 0 spiro atoms. The maximum atomic E-state index is 12.9. The second kappa shape index (κ2) is 7.05.